The lowest BCUT2D eigenvalue weighted by Crippen LogP contribution is -2.32. The molecule has 0 N–H and O–H groups in total. The molecule has 1 aliphatic heterocycles. The zero-order valence-corrected chi connectivity index (χ0v) is 13.2. The van der Waals surface area contributed by atoms with Gasteiger partial charge in [-0.25, -0.2) is 4.79 Å². The average molecular weight is 327 g/mol. The lowest BCUT2D eigenvalue weighted by Gasteiger charge is -2.12. The molecule has 0 aliphatic carbocycles. The SMILES string of the molecule is O=C(ON1C(=O)CCC1=O)c1ccc(Pc2ccccc2)cc1. The topological polar surface area (TPSA) is 63.7 Å². The first-order valence-corrected chi connectivity index (χ1v) is 8.14. The van der Waals surface area contributed by atoms with Gasteiger partial charge >= 0.3 is 5.97 Å². The molecule has 0 bridgehead atoms. The Bertz CT molecular complexity index is 727. The number of hydroxylamine groups is 2. The number of hydrogen-bond acceptors (Lipinski definition) is 4. The molecule has 1 unspecified atom stereocenters. The minimum atomic E-state index is -0.705. The summed E-state index contributed by atoms with van der Waals surface area (Å²) in [5.41, 5.74) is 0.305. The van der Waals surface area contributed by atoms with Crippen molar-refractivity contribution in [2.75, 3.05) is 0 Å². The third-order valence-electron chi connectivity index (χ3n) is 3.36. The van der Waals surface area contributed by atoms with Crippen LogP contribution in [0.1, 0.15) is 23.2 Å². The summed E-state index contributed by atoms with van der Waals surface area (Å²) in [6.45, 7) is 0. The highest BCUT2D eigenvalue weighted by Crippen LogP contribution is 2.15. The molecule has 2 amide bonds. The molecular formula is C17H14NO4P. The highest BCUT2D eigenvalue weighted by atomic mass is 31.1. The van der Waals surface area contributed by atoms with Crippen LogP contribution in [0.4, 0.5) is 0 Å². The Labute approximate surface area is 135 Å². The summed E-state index contributed by atoms with van der Waals surface area (Å²) in [4.78, 5) is 39.7. The second kappa shape index (κ2) is 6.71. The number of hydrogen-bond donors (Lipinski definition) is 0. The van der Waals surface area contributed by atoms with Gasteiger partial charge in [-0.05, 0) is 22.7 Å². The van der Waals surface area contributed by atoms with Crippen LogP contribution in [0.5, 0.6) is 0 Å². The molecule has 1 aliphatic rings. The van der Waals surface area contributed by atoms with Crippen molar-refractivity contribution >= 4 is 37.0 Å². The predicted molar refractivity (Wildman–Crippen MR) is 87.0 cm³/mol. The average Bonchev–Trinajstić information content (AvgIpc) is 2.88. The molecule has 6 heteroatoms. The van der Waals surface area contributed by atoms with Crippen LogP contribution < -0.4 is 10.6 Å². The van der Waals surface area contributed by atoms with Crippen LogP contribution in [0.3, 0.4) is 0 Å². The molecule has 0 radical (unpaired) electrons. The van der Waals surface area contributed by atoms with E-state index in [2.05, 4.69) is 0 Å². The van der Waals surface area contributed by atoms with Crippen molar-refractivity contribution in [2.24, 2.45) is 0 Å². The molecule has 5 nitrogen and oxygen atoms in total. The van der Waals surface area contributed by atoms with Crippen LogP contribution in [0.15, 0.2) is 54.6 Å². The largest absolute Gasteiger partial charge is 0.363 e. The number of benzene rings is 2. The van der Waals surface area contributed by atoms with E-state index in [9.17, 15) is 14.4 Å². The van der Waals surface area contributed by atoms with Crippen molar-refractivity contribution in [1.29, 1.82) is 0 Å². The van der Waals surface area contributed by atoms with Crippen LogP contribution >= 0.6 is 8.58 Å². The number of rotatable bonds is 4. The van der Waals surface area contributed by atoms with Crippen LogP contribution in [-0.2, 0) is 14.4 Å². The fourth-order valence-electron chi connectivity index (χ4n) is 2.17. The Morgan fingerprint density at radius 3 is 2.04 bits per heavy atom. The van der Waals surface area contributed by atoms with E-state index in [1.54, 1.807) is 12.1 Å². The van der Waals surface area contributed by atoms with Crippen LogP contribution in [-0.4, -0.2) is 22.8 Å². The lowest BCUT2D eigenvalue weighted by molar-refractivity contribution is -0.172. The third-order valence-corrected chi connectivity index (χ3v) is 4.61. The standard InChI is InChI=1S/C17H14NO4P/c19-15-10-11-16(20)18(15)22-17(21)12-6-8-14(9-7-12)23-13-4-2-1-3-5-13/h1-9,23H,10-11H2. The molecule has 2 aromatic rings. The van der Waals surface area contributed by atoms with Gasteiger partial charge in [0, 0.05) is 12.8 Å². The molecule has 2 aromatic carbocycles. The highest BCUT2D eigenvalue weighted by molar-refractivity contribution is 7.55. The highest BCUT2D eigenvalue weighted by Gasteiger charge is 2.33. The second-order valence-corrected chi connectivity index (χ2v) is 6.43. The molecule has 1 atom stereocenters. The van der Waals surface area contributed by atoms with Crippen molar-refractivity contribution in [3.05, 3.63) is 60.2 Å². The van der Waals surface area contributed by atoms with Crippen LogP contribution in [0.2, 0.25) is 0 Å². The maximum Gasteiger partial charge on any atom is 0.363 e. The third kappa shape index (κ3) is 3.63. The maximum absolute atomic E-state index is 12.0. The fourth-order valence-corrected chi connectivity index (χ4v) is 3.20. The van der Waals surface area contributed by atoms with E-state index in [-0.39, 0.29) is 12.8 Å². The summed E-state index contributed by atoms with van der Waals surface area (Å²) in [5, 5.41) is 2.85. The Hall–Kier alpha value is -2.52. The molecule has 0 aromatic heterocycles. The van der Waals surface area contributed by atoms with E-state index in [4.69, 9.17) is 4.84 Å². The van der Waals surface area contributed by atoms with Gasteiger partial charge in [0.1, 0.15) is 0 Å². The zero-order chi connectivity index (χ0) is 16.2. The molecular weight excluding hydrogens is 313 g/mol. The van der Waals surface area contributed by atoms with Gasteiger partial charge in [0.15, 0.2) is 0 Å². The van der Waals surface area contributed by atoms with Crippen molar-refractivity contribution in [2.45, 2.75) is 12.8 Å². The first-order chi connectivity index (χ1) is 11.1. The van der Waals surface area contributed by atoms with Gasteiger partial charge in [-0.2, -0.15) is 0 Å². The number of nitrogens with zero attached hydrogens (tertiary/aromatic N) is 1. The number of carbonyl (C=O) groups is 3. The van der Waals surface area contributed by atoms with Crippen molar-refractivity contribution in [1.82, 2.24) is 5.06 Å². The summed E-state index contributed by atoms with van der Waals surface area (Å²) in [7, 11) is 0.494. The summed E-state index contributed by atoms with van der Waals surface area (Å²) < 4.78 is 0. The molecule has 1 fully saturated rings. The smallest absolute Gasteiger partial charge is 0.325 e. The Morgan fingerprint density at radius 2 is 1.43 bits per heavy atom. The molecule has 0 saturated carbocycles. The summed E-state index contributed by atoms with van der Waals surface area (Å²) in [6.07, 6.45) is 0.173. The van der Waals surface area contributed by atoms with Gasteiger partial charge in [0.2, 0.25) is 0 Å². The van der Waals surface area contributed by atoms with E-state index in [0.717, 1.165) is 5.30 Å². The molecule has 23 heavy (non-hydrogen) atoms. The van der Waals surface area contributed by atoms with Gasteiger partial charge < -0.3 is 4.84 Å². The first-order valence-electron chi connectivity index (χ1n) is 7.14. The normalized spacial score (nSPS) is 14.7. The summed E-state index contributed by atoms with van der Waals surface area (Å²) in [5.74, 6) is -1.67. The Balaban J connectivity index is 1.66. The summed E-state index contributed by atoms with van der Waals surface area (Å²) in [6, 6.07) is 17.0. The van der Waals surface area contributed by atoms with E-state index in [0.29, 0.717) is 19.2 Å². The first kappa shape index (κ1) is 15.4. The van der Waals surface area contributed by atoms with Crippen molar-refractivity contribution in [3.63, 3.8) is 0 Å². The minimum absolute atomic E-state index is 0.0866. The van der Waals surface area contributed by atoms with Gasteiger partial charge in [-0.15, -0.1) is 5.06 Å². The molecule has 3 rings (SSSR count). The van der Waals surface area contributed by atoms with Gasteiger partial charge in [-0.1, -0.05) is 51.0 Å². The van der Waals surface area contributed by atoms with E-state index in [1.807, 2.05) is 42.5 Å². The molecule has 1 saturated heterocycles. The van der Waals surface area contributed by atoms with Gasteiger partial charge in [-0.3, -0.25) is 9.59 Å². The fraction of sp³-hybridized carbons (Fsp3) is 0.118. The molecule has 0 spiro atoms. The van der Waals surface area contributed by atoms with E-state index in [1.165, 1.54) is 5.30 Å². The number of amides is 2. The minimum Gasteiger partial charge on any atom is -0.325 e. The van der Waals surface area contributed by atoms with Crippen LogP contribution in [0.25, 0.3) is 0 Å². The van der Waals surface area contributed by atoms with Gasteiger partial charge in [0.25, 0.3) is 11.8 Å². The molecule has 1 heterocycles. The Morgan fingerprint density at radius 1 is 0.870 bits per heavy atom. The zero-order valence-electron chi connectivity index (χ0n) is 12.2. The summed E-state index contributed by atoms with van der Waals surface area (Å²) >= 11 is 0. The van der Waals surface area contributed by atoms with Gasteiger partial charge in [0.05, 0.1) is 5.56 Å². The predicted octanol–water partition coefficient (Wildman–Crippen LogP) is 1.54. The quantitative estimate of drug-likeness (QED) is 0.631. The number of carbonyl (C=O) groups excluding carboxylic acids is 3. The maximum atomic E-state index is 12.0. The molecule has 116 valence electrons. The van der Waals surface area contributed by atoms with E-state index >= 15 is 0 Å². The van der Waals surface area contributed by atoms with E-state index < -0.39 is 17.8 Å². The van der Waals surface area contributed by atoms with Crippen LogP contribution in [0, 0.1) is 0 Å². The lowest BCUT2D eigenvalue weighted by atomic mass is 10.2. The monoisotopic (exact) mass is 327 g/mol. The van der Waals surface area contributed by atoms with Crippen molar-refractivity contribution in [3.8, 4) is 0 Å². The number of imide groups is 1. The second-order valence-electron chi connectivity index (χ2n) is 5.03. The Kier molecular flexibility index (Phi) is 4.49. The van der Waals surface area contributed by atoms with Crippen molar-refractivity contribution < 1.29 is 19.2 Å².